The van der Waals surface area contributed by atoms with Gasteiger partial charge in [-0.2, -0.15) is 0 Å². The molecule has 4 bridgehead atoms. The van der Waals surface area contributed by atoms with Crippen LogP contribution in [-0.4, -0.2) is 44.1 Å². The topological polar surface area (TPSA) is 66.5 Å². The summed E-state index contributed by atoms with van der Waals surface area (Å²) in [5.41, 5.74) is 0. The van der Waals surface area contributed by atoms with Crippen molar-refractivity contribution in [2.45, 2.75) is 51.1 Å². The maximum atomic E-state index is 12.6. The number of hydrogen-bond donors (Lipinski definition) is 1. The normalized spacial score (nSPS) is 37.8. The Hall–Kier alpha value is -0.620. The van der Waals surface area contributed by atoms with Gasteiger partial charge in [-0.05, 0) is 56.8 Å². The Morgan fingerprint density at radius 3 is 2.20 bits per heavy atom. The van der Waals surface area contributed by atoms with Crippen molar-refractivity contribution >= 4 is 15.9 Å². The summed E-state index contributed by atoms with van der Waals surface area (Å²) >= 11 is 0. The average molecular weight is 300 g/mol. The van der Waals surface area contributed by atoms with Crippen molar-refractivity contribution in [2.24, 2.45) is 17.8 Å². The fourth-order valence-electron chi connectivity index (χ4n) is 4.67. The SMILES string of the molecule is CC(NS(C)(=O)=O)C(=O)N1CC2CC3CC(C2)CC1C3. The van der Waals surface area contributed by atoms with Gasteiger partial charge in [-0.25, -0.2) is 13.1 Å². The van der Waals surface area contributed by atoms with Gasteiger partial charge in [0.2, 0.25) is 15.9 Å². The van der Waals surface area contributed by atoms with Crippen LogP contribution in [0.3, 0.4) is 0 Å². The third-order valence-corrected chi connectivity index (χ3v) is 5.93. The molecule has 4 fully saturated rings. The monoisotopic (exact) mass is 300 g/mol. The van der Waals surface area contributed by atoms with E-state index in [9.17, 15) is 13.2 Å². The van der Waals surface area contributed by atoms with Gasteiger partial charge in [-0.15, -0.1) is 0 Å². The molecule has 2 saturated heterocycles. The van der Waals surface area contributed by atoms with Gasteiger partial charge >= 0.3 is 0 Å². The largest absolute Gasteiger partial charge is 0.338 e. The molecule has 2 aliphatic heterocycles. The van der Waals surface area contributed by atoms with Crippen LogP contribution in [-0.2, 0) is 14.8 Å². The molecule has 2 saturated carbocycles. The second kappa shape index (κ2) is 4.98. The predicted octanol–water partition coefficient (Wildman–Crippen LogP) is 0.961. The zero-order valence-corrected chi connectivity index (χ0v) is 13.0. The van der Waals surface area contributed by atoms with Crippen LogP contribution in [0.4, 0.5) is 0 Å². The fourth-order valence-corrected chi connectivity index (χ4v) is 5.42. The molecule has 4 aliphatic rings. The summed E-state index contributed by atoms with van der Waals surface area (Å²) in [6.45, 7) is 2.48. The lowest BCUT2D eigenvalue weighted by Gasteiger charge is -2.39. The molecule has 3 atom stereocenters. The highest BCUT2D eigenvalue weighted by Gasteiger charge is 2.44. The number of carbonyl (C=O) groups is 1. The minimum atomic E-state index is -3.34. The molecule has 0 aromatic heterocycles. The molecule has 4 rings (SSSR count). The highest BCUT2D eigenvalue weighted by molar-refractivity contribution is 7.88. The second-order valence-corrected chi connectivity index (χ2v) is 8.81. The van der Waals surface area contributed by atoms with Gasteiger partial charge in [0.1, 0.15) is 0 Å². The van der Waals surface area contributed by atoms with E-state index in [-0.39, 0.29) is 5.91 Å². The van der Waals surface area contributed by atoms with Crippen LogP contribution in [0.1, 0.15) is 39.0 Å². The Kier molecular flexibility index (Phi) is 3.57. The van der Waals surface area contributed by atoms with Gasteiger partial charge in [0, 0.05) is 12.6 Å². The van der Waals surface area contributed by atoms with E-state index in [2.05, 4.69) is 4.72 Å². The van der Waals surface area contributed by atoms with Crippen molar-refractivity contribution in [1.82, 2.24) is 9.62 Å². The molecule has 0 aromatic rings. The smallest absolute Gasteiger partial charge is 0.240 e. The molecule has 6 heteroatoms. The first-order chi connectivity index (χ1) is 9.32. The summed E-state index contributed by atoms with van der Waals surface area (Å²) < 4.78 is 25.0. The summed E-state index contributed by atoms with van der Waals surface area (Å²) in [7, 11) is -3.34. The lowest BCUT2D eigenvalue weighted by atomic mass is 9.68. The zero-order chi connectivity index (χ0) is 14.5. The van der Waals surface area contributed by atoms with Crippen LogP contribution >= 0.6 is 0 Å². The Morgan fingerprint density at radius 1 is 1.10 bits per heavy atom. The molecule has 0 spiro atoms. The number of carbonyl (C=O) groups excluding carboxylic acids is 1. The Labute approximate surface area is 121 Å². The van der Waals surface area contributed by atoms with Crippen LogP contribution < -0.4 is 4.72 Å². The molecule has 2 aliphatic carbocycles. The van der Waals surface area contributed by atoms with Crippen LogP contribution in [0, 0.1) is 17.8 Å². The van der Waals surface area contributed by atoms with Crippen LogP contribution in [0.15, 0.2) is 0 Å². The summed E-state index contributed by atoms with van der Waals surface area (Å²) in [6, 6.07) is -0.316. The molecule has 0 aromatic carbocycles. The molecule has 2 heterocycles. The van der Waals surface area contributed by atoms with Crippen LogP contribution in [0.5, 0.6) is 0 Å². The minimum absolute atomic E-state index is 0.0476. The molecule has 1 N–H and O–H groups in total. The van der Waals surface area contributed by atoms with Gasteiger partial charge in [-0.1, -0.05) is 0 Å². The Bertz CT molecular complexity index is 491. The van der Waals surface area contributed by atoms with E-state index in [0.29, 0.717) is 12.0 Å². The van der Waals surface area contributed by atoms with Crippen LogP contribution in [0.2, 0.25) is 0 Å². The van der Waals surface area contributed by atoms with Crippen LogP contribution in [0.25, 0.3) is 0 Å². The van der Waals surface area contributed by atoms with E-state index in [1.165, 1.54) is 19.3 Å². The van der Waals surface area contributed by atoms with Gasteiger partial charge in [0.25, 0.3) is 0 Å². The van der Waals surface area contributed by atoms with E-state index in [1.54, 1.807) is 6.92 Å². The van der Waals surface area contributed by atoms with Crippen molar-refractivity contribution in [3.05, 3.63) is 0 Å². The number of nitrogens with zero attached hydrogens (tertiary/aromatic N) is 1. The zero-order valence-electron chi connectivity index (χ0n) is 12.2. The molecule has 5 nitrogen and oxygen atoms in total. The number of amides is 1. The Morgan fingerprint density at radius 2 is 1.65 bits per heavy atom. The molecule has 114 valence electrons. The van der Waals surface area contributed by atoms with Gasteiger partial charge < -0.3 is 4.90 Å². The first-order valence-corrected chi connectivity index (χ1v) is 9.48. The lowest BCUT2D eigenvalue weighted by Crippen LogP contribution is -2.51. The quantitative estimate of drug-likeness (QED) is 0.844. The van der Waals surface area contributed by atoms with E-state index in [0.717, 1.165) is 37.5 Å². The molecular weight excluding hydrogens is 276 g/mol. The van der Waals surface area contributed by atoms with E-state index in [1.807, 2.05) is 4.90 Å². The summed E-state index contributed by atoms with van der Waals surface area (Å²) in [5.74, 6) is 2.15. The Balaban J connectivity index is 1.75. The van der Waals surface area contributed by atoms with E-state index in [4.69, 9.17) is 0 Å². The molecule has 20 heavy (non-hydrogen) atoms. The second-order valence-electron chi connectivity index (χ2n) is 7.03. The van der Waals surface area contributed by atoms with E-state index < -0.39 is 16.1 Å². The number of fused-ring (bicyclic) bond motifs is 1. The van der Waals surface area contributed by atoms with Crippen molar-refractivity contribution in [3.63, 3.8) is 0 Å². The highest BCUT2D eigenvalue weighted by atomic mass is 32.2. The highest BCUT2D eigenvalue weighted by Crippen LogP contribution is 2.47. The summed E-state index contributed by atoms with van der Waals surface area (Å²) in [4.78, 5) is 14.6. The predicted molar refractivity (Wildman–Crippen MR) is 76.5 cm³/mol. The number of rotatable bonds is 3. The number of nitrogens with one attached hydrogen (secondary N) is 1. The maximum absolute atomic E-state index is 12.6. The third-order valence-electron chi connectivity index (χ3n) is 5.15. The number of sulfonamides is 1. The average Bonchev–Trinajstić information content (AvgIpc) is 2.50. The standard InChI is InChI=1S/C14H24N2O3S/c1-9(15-20(2,18)19)14(17)16-8-12-4-10-3-11(5-12)7-13(16)6-10/h9-13,15H,3-8H2,1-2H3. The van der Waals surface area contributed by atoms with Gasteiger partial charge in [0.15, 0.2) is 0 Å². The molecular formula is C14H24N2O3S. The summed E-state index contributed by atoms with van der Waals surface area (Å²) in [5, 5.41) is 0. The van der Waals surface area contributed by atoms with Crippen molar-refractivity contribution in [2.75, 3.05) is 12.8 Å². The molecule has 0 radical (unpaired) electrons. The van der Waals surface area contributed by atoms with Gasteiger partial charge in [-0.3, -0.25) is 4.79 Å². The summed E-state index contributed by atoms with van der Waals surface area (Å²) in [6.07, 6.45) is 7.18. The maximum Gasteiger partial charge on any atom is 0.240 e. The third kappa shape index (κ3) is 2.86. The first kappa shape index (κ1) is 14.3. The fraction of sp³-hybridized carbons (Fsp3) is 0.929. The molecule has 1 amide bonds. The first-order valence-electron chi connectivity index (χ1n) is 7.59. The lowest BCUT2D eigenvalue weighted by molar-refractivity contribution is -0.135. The van der Waals surface area contributed by atoms with Gasteiger partial charge in [0.05, 0.1) is 12.3 Å². The minimum Gasteiger partial charge on any atom is -0.338 e. The van der Waals surface area contributed by atoms with E-state index >= 15 is 0 Å². The molecule has 3 unspecified atom stereocenters. The van der Waals surface area contributed by atoms with Crippen molar-refractivity contribution < 1.29 is 13.2 Å². The van der Waals surface area contributed by atoms with Crippen molar-refractivity contribution in [3.8, 4) is 0 Å². The number of hydrogen-bond acceptors (Lipinski definition) is 3. The van der Waals surface area contributed by atoms with Crippen molar-refractivity contribution in [1.29, 1.82) is 0 Å².